The number of nitrogens with two attached hydrogens (primary N) is 1. The number of aromatic nitrogens is 1. The van der Waals surface area contributed by atoms with Crippen LogP contribution in [0.1, 0.15) is 43.8 Å². The van der Waals surface area contributed by atoms with Crippen molar-refractivity contribution < 1.29 is 23.5 Å². The number of ether oxygens (including phenoxy) is 1. The van der Waals surface area contributed by atoms with Crippen molar-refractivity contribution in [2.24, 2.45) is 10.7 Å². The molecule has 3 N–H and O–H groups in total. The second kappa shape index (κ2) is 11.6. The molecule has 224 valence electrons. The van der Waals surface area contributed by atoms with Gasteiger partial charge in [0.25, 0.3) is 0 Å². The average molecular weight is 618 g/mol. The number of carbonyl (C=O) groups is 3. The highest BCUT2D eigenvalue weighted by atomic mass is 35.5. The second-order valence-corrected chi connectivity index (χ2v) is 12.7. The molecule has 3 atom stereocenters. The van der Waals surface area contributed by atoms with Crippen LogP contribution in [0.3, 0.4) is 0 Å². The van der Waals surface area contributed by atoms with E-state index in [0.29, 0.717) is 48.3 Å². The molecule has 1 aromatic heterocycles. The van der Waals surface area contributed by atoms with Gasteiger partial charge in [-0.05, 0) is 32.9 Å². The lowest BCUT2D eigenvalue weighted by Gasteiger charge is -2.42. The average Bonchev–Trinajstić information content (AvgIpc) is 3.59. The van der Waals surface area contributed by atoms with Crippen molar-refractivity contribution in [3.63, 3.8) is 0 Å². The van der Waals surface area contributed by atoms with Crippen LogP contribution in [0.5, 0.6) is 0 Å². The molecular weight excluding hydrogens is 585 g/mol. The van der Waals surface area contributed by atoms with Gasteiger partial charge in [0.15, 0.2) is 10.8 Å². The summed E-state index contributed by atoms with van der Waals surface area (Å²) in [7, 11) is 1.27. The van der Waals surface area contributed by atoms with E-state index in [4.69, 9.17) is 27.1 Å². The summed E-state index contributed by atoms with van der Waals surface area (Å²) >= 11 is 7.81. The molecule has 4 heterocycles. The van der Waals surface area contributed by atoms with Crippen molar-refractivity contribution in [2.45, 2.75) is 50.9 Å². The summed E-state index contributed by atoms with van der Waals surface area (Å²) in [6.07, 6.45) is 1.93. The van der Waals surface area contributed by atoms with E-state index in [9.17, 15) is 18.8 Å². The van der Waals surface area contributed by atoms with Crippen LogP contribution in [0, 0.1) is 5.82 Å². The lowest BCUT2D eigenvalue weighted by molar-refractivity contribution is -0.136. The predicted molar refractivity (Wildman–Crippen MR) is 157 cm³/mol. The first-order valence-electron chi connectivity index (χ1n) is 13.5. The van der Waals surface area contributed by atoms with Gasteiger partial charge in [-0.1, -0.05) is 17.7 Å². The van der Waals surface area contributed by atoms with Crippen LogP contribution < -0.4 is 11.1 Å². The van der Waals surface area contributed by atoms with Crippen molar-refractivity contribution in [1.82, 2.24) is 25.0 Å². The standard InChI is InChI=1S/C28H33ClFN7O4S/c1-28(2,3)37-14-19-22(23(31)38)35(10-11-36(19)27(37)40)9-7-18-20(26(39)41-4)21(16-6-5-15(30)13-17(16)29)34-24(33-18)25-32-8-12-42-25/h5-6,8,12-13,19,21-22H,7,9-11,14H2,1-4H3,(H2,31,38)(H,33,34)/t19-,21-,22+/m0/s1. The van der Waals surface area contributed by atoms with Crippen LogP contribution >= 0.6 is 22.9 Å². The molecule has 5 rings (SSSR count). The number of rotatable bonds is 7. The Bertz CT molecular complexity index is 1460. The molecule has 2 fully saturated rings. The van der Waals surface area contributed by atoms with E-state index in [-0.39, 0.29) is 23.0 Å². The summed E-state index contributed by atoms with van der Waals surface area (Å²) in [5, 5.41) is 5.77. The number of piperazine rings is 1. The van der Waals surface area contributed by atoms with E-state index in [1.54, 1.807) is 21.4 Å². The number of hydrogen-bond acceptors (Lipinski definition) is 9. The number of nitrogens with one attached hydrogen (secondary N) is 1. The minimum atomic E-state index is -0.891. The van der Waals surface area contributed by atoms with Crippen LogP contribution in [0.4, 0.5) is 9.18 Å². The molecule has 42 heavy (non-hydrogen) atoms. The minimum absolute atomic E-state index is 0.105. The molecule has 0 aliphatic carbocycles. The van der Waals surface area contributed by atoms with Crippen molar-refractivity contribution in [3.05, 3.63) is 62.5 Å². The molecule has 3 aliphatic heterocycles. The molecule has 0 radical (unpaired) electrons. The Hall–Kier alpha value is -3.55. The number of hydrogen-bond donors (Lipinski definition) is 2. The van der Waals surface area contributed by atoms with Crippen LogP contribution in [0.25, 0.3) is 0 Å². The van der Waals surface area contributed by atoms with Crippen molar-refractivity contribution in [1.29, 1.82) is 0 Å². The Morgan fingerprint density at radius 1 is 1.29 bits per heavy atom. The van der Waals surface area contributed by atoms with Gasteiger partial charge in [0, 0.05) is 66.0 Å². The third kappa shape index (κ3) is 5.60. The largest absolute Gasteiger partial charge is 0.466 e. The molecule has 0 saturated carbocycles. The Kier molecular flexibility index (Phi) is 8.28. The van der Waals surface area contributed by atoms with Crippen LogP contribution in [0.2, 0.25) is 5.02 Å². The van der Waals surface area contributed by atoms with Crippen LogP contribution in [-0.2, 0) is 14.3 Å². The topological polar surface area (TPSA) is 133 Å². The maximum Gasteiger partial charge on any atom is 0.338 e. The zero-order chi connectivity index (χ0) is 30.3. The zero-order valence-electron chi connectivity index (χ0n) is 23.8. The number of fused-ring (bicyclic) bond motifs is 1. The van der Waals surface area contributed by atoms with E-state index in [1.807, 2.05) is 25.7 Å². The summed E-state index contributed by atoms with van der Waals surface area (Å²) in [6, 6.07) is 1.83. The van der Waals surface area contributed by atoms with Crippen molar-refractivity contribution in [2.75, 3.05) is 33.3 Å². The number of nitrogens with zero attached hydrogens (tertiary/aromatic N) is 5. The fourth-order valence-corrected chi connectivity index (χ4v) is 6.65. The Morgan fingerprint density at radius 3 is 2.67 bits per heavy atom. The molecule has 2 saturated heterocycles. The number of urea groups is 1. The second-order valence-electron chi connectivity index (χ2n) is 11.4. The van der Waals surface area contributed by atoms with E-state index < -0.39 is 41.4 Å². The number of halogens is 2. The summed E-state index contributed by atoms with van der Waals surface area (Å²) in [5.74, 6) is -1.23. The number of primary amides is 1. The van der Waals surface area contributed by atoms with Gasteiger partial charge in [-0.15, -0.1) is 11.3 Å². The van der Waals surface area contributed by atoms with Crippen LogP contribution in [0.15, 0.2) is 46.0 Å². The highest BCUT2D eigenvalue weighted by molar-refractivity contribution is 7.11. The smallest absolute Gasteiger partial charge is 0.338 e. The van der Waals surface area contributed by atoms with Crippen LogP contribution in [-0.4, -0.2) is 94.3 Å². The lowest BCUT2D eigenvalue weighted by Crippen LogP contribution is -2.63. The highest BCUT2D eigenvalue weighted by Gasteiger charge is 2.50. The van der Waals surface area contributed by atoms with Gasteiger partial charge in [0.2, 0.25) is 5.91 Å². The normalized spacial score (nSPS) is 23.0. The molecule has 0 unspecified atom stereocenters. The molecular formula is C28H33ClFN7O4S. The monoisotopic (exact) mass is 617 g/mol. The quantitative estimate of drug-likeness (QED) is 0.457. The molecule has 0 spiro atoms. The first-order chi connectivity index (χ1) is 19.9. The molecule has 11 nitrogen and oxygen atoms in total. The minimum Gasteiger partial charge on any atom is -0.466 e. The maximum atomic E-state index is 13.9. The number of esters is 1. The highest BCUT2D eigenvalue weighted by Crippen LogP contribution is 2.38. The fraction of sp³-hybridized carbons (Fsp3) is 0.464. The SMILES string of the molecule is COC(=O)C1=C(CCN2CCN3C(=O)N(C(C)(C)C)C[C@H]3[C@@H]2C(N)=O)NC(c2nccs2)=N[C@H]1c1ccc(F)cc1Cl. The summed E-state index contributed by atoms with van der Waals surface area (Å²) in [6.45, 7) is 7.47. The lowest BCUT2D eigenvalue weighted by atomic mass is 9.94. The predicted octanol–water partition coefficient (Wildman–Crippen LogP) is 2.92. The number of aliphatic imine (C=N–C) groups is 1. The number of thiazole rings is 1. The third-order valence-corrected chi connectivity index (χ3v) is 8.91. The molecule has 14 heteroatoms. The molecule has 1 aromatic carbocycles. The number of amides is 3. The molecule has 0 bridgehead atoms. The van der Waals surface area contributed by atoms with Gasteiger partial charge in [-0.25, -0.2) is 19.0 Å². The summed E-state index contributed by atoms with van der Waals surface area (Å²) in [4.78, 5) is 53.7. The number of methoxy groups -OCH3 is 1. The number of benzene rings is 1. The van der Waals surface area contributed by atoms with E-state index in [1.165, 1.54) is 36.6 Å². The molecule has 3 aliphatic rings. The third-order valence-electron chi connectivity index (χ3n) is 7.81. The van der Waals surface area contributed by atoms with Gasteiger partial charge >= 0.3 is 12.0 Å². The molecule has 3 amide bonds. The Morgan fingerprint density at radius 2 is 2.05 bits per heavy atom. The van der Waals surface area contributed by atoms with Gasteiger partial charge in [-0.3, -0.25) is 14.7 Å². The fourth-order valence-electron chi connectivity index (χ4n) is 5.79. The van der Waals surface area contributed by atoms with Crippen molar-refractivity contribution in [3.8, 4) is 0 Å². The first-order valence-corrected chi connectivity index (χ1v) is 14.8. The number of amidine groups is 1. The van der Waals surface area contributed by atoms with E-state index in [0.717, 1.165) is 0 Å². The van der Waals surface area contributed by atoms with Gasteiger partial charge < -0.3 is 25.6 Å². The van der Waals surface area contributed by atoms with Gasteiger partial charge in [0.1, 0.15) is 17.9 Å². The van der Waals surface area contributed by atoms with Crippen molar-refractivity contribution >= 4 is 46.7 Å². The first kappa shape index (κ1) is 29.9. The number of carbonyl (C=O) groups excluding carboxylic acids is 3. The Labute approximate surface area is 252 Å². The zero-order valence-corrected chi connectivity index (χ0v) is 25.3. The summed E-state index contributed by atoms with van der Waals surface area (Å²) < 4.78 is 19.1. The van der Waals surface area contributed by atoms with Gasteiger partial charge in [-0.2, -0.15) is 0 Å². The Balaban J connectivity index is 1.48. The van der Waals surface area contributed by atoms with E-state index in [2.05, 4.69) is 10.3 Å². The van der Waals surface area contributed by atoms with E-state index >= 15 is 0 Å². The van der Waals surface area contributed by atoms with Gasteiger partial charge in [0.05, 0.1) is 18.7 Å². The summed E-state index contributed by atoms with van der Waals surface area (Å²) in [5.41, 5.74) is 6.68. The maximum absolute atomic E-state index is 13.9. The molecule has 2 aromatic rings.